The highest BCUT2D eigenvalue weighted by Crippen LogP contribution is 2.37. The summed E-state index contributed by atoms with van der Waals surface area (Å²) in [6.45, 7) is 0. The quantitative estimate of drug-likeness (QED) is 0.158. The summed E-state index contributed by atoms with van der Waals surface area (Å²) in [5.41, 5.74) is 0.261. The van der Waals surface area contributed by atoms with Crippen molar-refractivity contribution in [2.24, 2.45) is 0 Å². The monoisotopic (exact) mass is 640 g/mol. The van der Waals surface area contributed by atoms with Crippen molar-refractivity contribution < 1.29 is 35.9 Å². The molecule has 0 aromatic heterocycles. The Labute approximate surface area is 251 Å². The Hall–Kier alpha value is -4.42. The summed E-state index contributed by atoms with van der Waals surface area (Å²) in [4.78, 5) is 24.5. The van der Waals surface area contributed by atoms with Crippen LogP contribution in [0, 0.1) is 0 Å². The van der Waals surface area contributed by atoms with Crippen LogP contribution in [0.25, 0.3) is 0 Å². The zero-order chi connectivity index (χ0) is 31.4. The van der Waals surface area contributed by atoms with Crippen LogP contribution in [0.4, 0.5) is 58.7 Å². The number of hydrogen-bond acceptors (Lipinski definition) is 2. The average molecular weight is 641 g/mol. The van der Waals surface area contributed by atoms with Gasteiger partial charge in [-0.3, -0.25) is 0 Å². The van der Waals surface area contributed by atoms with Gasteiger partial charge in [0.25, 0.3) is 0 Å². The van der Waals surface area contributed by atoms with E-state index in [-0.39, 0.29) is 11.4 Å². The number of amides is 4. The first-order valence-electron chi connectivity index (χ1n) is 12.2. The van der Waals surface area contributed by atoms with Crippen molar-refractivity contribution in [2.45, 2.75) is 18.8 Å². The molecule has 4 aromatic rings. The number of nitrogens with one attached hydrogen (secondary N) is 4. The Balaban J connectivity index is 1.29. The Morgan fingerprint density at radius 1 is 0.512 bits per heavy atom. The summed E-state index contributed by atoms with van der Waals surface area (Å²) in [6.07, 6.45) is -8.84. The van der Waals surface area contributed by atoms with Gasteiger partial charge in [0.05, 0.1) is 21.2 Å². The molecule has 0 aliphatic heterocycles. The summed E-state index contributed by atoms with van der Waals surface area (Å²) in [7, 11) is 0. The normalized spacial score (nSPS) is 11.5. The second-order valence-corrected chi connectivity index (χ2v) is 9.93. The van der Waals surface area contributed by atoms with Crippen LogP contribution in [0.1, 0.15) is 22.3 Å². The number of carbonyl (C=O) groups excluding carboxylic acids is 2. The van der Waals surface area contributed by atoms with E-state index in [1.807, 2.05) is 0 Å². The maximum Gasteiger partial charge on any atom is 0.417 e. The molecule has 0 saturated carbocycles. The highest BCUT2D eigenvalue weighted by molar-refractivity contribution is 6.32. The highest BCUT2D eigenvalue weighted by Gasteiger charge is 2.34. The van der Waals surface area contributed by atoms with Gasteiger partial charge < -0.3 is 21.3 Å². The molecular formula is C29H20Cl2F6N4O2. The van der Waals surface area contributed by atoms with Crippen molar-refractivity contribution in [1.82, 2.24) is 0 Å². The molecule has 0 aliphatic carbocycles. The van der Waals surface area contributed by atoms with Crippen LogP contribution in [-0.2, 0) is 18.8 Å². The Morgan fingerprint density at radius 2 is 0.814 bits per heavy atom. The van der Waals surface area contributed by atoms with Gasteiger partial charge in [0, 0.05) is 22.7 Å². The molecule has 6 nitrogen and oxygen atoms in total. The molecule has 0 aliphatic rings. The fourth-order valence-electron chi connectivity index (χ4n) is 3.87. The molecule has 43 heavy (non-hydrogen) atoms. The van der Waals surface area contributed by atoms with E-state index in [2.05, 4.69) is 21.3 Å². The lowest BCUT2D eigenvalue weighted by Gasteiger charge is -2.13. The third-order valence-electron chi connectivity index (χ3n) is 5.89. The van der Waals surface area contributed by atoms with Crippen LogP contribution >= 0.6 is 23.2 Å². The minimum absolute atomic E-state index is 0.0816. The molecule has 4 rings (SSSR count). The van der Waals surface area contributed by atoms with Crippen molar-refractivity contribution in [2.75, 3.05) is 21.3 Å². The van der Waals surface area contributed by atoms with Crippen molar-refractivity contribution in [3.05, 3.63) is 117 Å². The number of urea groups is 2. The molecule has 0 saturated heterocycles. The van der Waals surface area contributed by atoms with E-state index in [0.29, 0.717) is 17.8 Å². The third-order valence-corrected chi connectivity index (χ3v) is 6.55. The molecular weight excluding hydrogens is 621 g/mol. The molecule has 0 atom stereocenters. The number of rotatable bonds is 6. The van der Waals surface area contributed by atoms with Crippen molar-refractivity contribution in [3.8, 4) is 0 Å². The van der Waals surface area contributed by atoms with Gasteiger partial charge in [-0.25, -0.2) is 9.59 Å². The number of halogens is 8. The largest absolute Gasteiger partial charge is 0.417 e. The molecule has 0 radical (unpaired) electrons. The smallest absolute Gasteiger partial charge is 0.308 e. The topological polar surface area (TPSA) is 82.3 Å². The number of carbonyl (C=O) groups is 2. The lowest BCUT2D eigenvalue weighted by Crippen LogP contribution is -2.20. The van der Waals surface area contributed by atoms with Crippen LogP contribution < -0.4 is 21.3 Å². The molecule has 0 fully saturated rings. The van der Waals surface area contributed by atoms with Gasteiger partial charge in [0.2, 0.25) is 0 Å². The first kappa shape index (κ1) is 31.5. The Kier molecular flexibility index (Phi) is 9.41. The van der Waals surface area contributed by atoms with E-state index >= 15 is 0 Å². The van der Waals surface area contributed by atoms with Gasteiger partial charge in [-0.1, -0.05) is 47.5 Å². The maximum absolute atomic E-state index is 13.0. The number of anilines is 4. The molecule has 14 heteroatoms. The fraction of sp³-hybridized carbons (Fsp3) is 0.103. The molecule has 4 amide bonds. The Morgan fingerprint density at radius 3 is 1.14 bits per heavy atom. The molecule has 0 unspecified atom stereocenters. The zero-order valence-corrected chi connectivity index (χ0v) is 23.1. The SMILES string of the molecule is O=C(Nc1ccc(Cc2ccc(NC(=O)Nc3ccc(Cl)c(C(F)(F)F)c3)cc2)cc1)Nc1ccc(Cl)c(C(F)(F)F)c1. The lowest BCUT2D eigenvalue weighted by atomic mass is 10.0. The first-order chi connectivity index (χ1) is 20.2. The number of alkyl halides is 6. The van der Waals surface area contributed by atoms with E-state index in [1.165, 1.54) is 12.1 Å². The maximum atomic E-state index is 13.0. The minimum Gasteiger partial charge on any atom is -0.308 e. The summed E-state index contributed by atoms with van der Waals surface area (Å²) >= 11 is 11.2. The van der Waals surface area contributed by atoms with Crippen LogP contribution in [-0.4, -0.2) is 12.1 Å². The van der Waals surface area contributed by atoms with E-state index in [9.17, 15) is 35.9 Å². The third kappa shape index (κ3) is 8.79. The molecule has 224 valence electrons. The van der Waals surface area contributed by atoms with Crippen LogP contribution in [0.2, 0.25) is 10.0 Å². The van der Waals surface area contributed by atoms with Gasteiger partial charge in [-0.15, -0.1) is 0 Å². The molecule has 0 spiro atoms. The molecule has 4 aromatic carbocycles. The lowest BCUT2D eigenvalue weighted by molar-refractivity contribution is -0.138. The minimum atomic E-state index is -4.67. The van der Waals surface area contributed by atoms with E-state index in [1.54, 1.807) is 48.5 Å². The Bertz CT molecular complexity index is 1510. The summed E-state index contributed by atoms with van der Waals surface area (Å²) in [5, 5.41) is 8.78. The second kappa shape index (κ2) is 12.8. The first-order valence-corrected chi connectivity index (χ1v) is 13.0. The predicted molar refractivity (Wildman–Crippen MR) is 154 cm³/mol. The van der Waals surface area contributed by atoms with Gasteiger partial charge >= 0.3 is 24.4 Å². The standard InChI is InChI=1S/C29H20Cl2F6N4O2/c30-24-11-9-20(14-22(24)28(32,33)34)40-26(42)38-18-5-1-16(2-6-18)13-17-3-7-19(8-4-17)39-27(43)41-21-10-12-25(31)23(15-21)29(35,36)37/h1-12,14-15H,13H2,(H2,38,40,42)(H2,39,41,43). The van der Waals surface area contributed by atoms with Gasteiger partial charge in [-0.05, 0) is 78.2 Å². The van der Waals surface area contributed by atoms with Gasteiger partial charge in [-0.2, -0.15) is 26.3 Å². The van der Waals surface area contributed by atoms with Crippen LogP contribution in [0.3, 0.4) is 0 Å². The van der Waals surface area contributed by atoms with E-state index in [0.717, 1.165) is 35.4 Å². The van der Waals surface area contributed by atoms with E-state index in [4.69, 9.17) is 23.2 Å². The van der Waals surface area contributed by atoms with Crippen molar-refractivity contribution in [1.29, 1.82) is 0 Å². The summed E-state index contributed by atoms with van der Waals surface area (Å²) in [5.74, 6) is 0. The molecule has 4 N–H and O–H groups in total. The molecule has 0 bridgehead atoms. The van der Waals surface area contributed by atoms with E-state index < -0.39 is 45.6 Å². The van der Waals surface area contributed by atoms with Gasteiger partial charge in [0.1, 0.15) is 0 Å². The number of hydrogen-bond donors (Lipinski definition) is 4. The number of benzene rings is 4. The predicted octanol–water partition coefficient (Wildman–Crippen LogP) is 9.91. The van der Waals surface area contributed by atoms with Crippen LogP contribution in [0.15, 0.2) is 84.9 Å². The zero-order valence-electron chi connectivity index (χ0n) is 21.6. The van der Waals surface area contributed by atoms with Crippen molar-refractivity contribution in [3.63, 3.8) is 0 Å². The highest BCUT2D eigenvalue weighted by atomic mass is 35.5. The average Bonchev–Trinajstić information content (AvgIpc) is 2.92. The summed E-state index contributed by atoms with van der Waals surface area (Å²) < 4.78 is 78.2. The second-order valence-electron chi connectivity index (χ2n) is 9.11. The molecule has 0 heterocycles. The summed E-state index contributed by atoms with van der Waals surface area (Å²) in [6, 6.07) is 18.1. The van der Waals surface area contributed by atoms with Crippen molar-refractivity contribution >= 4 is 58.0 Å². The fourth-order valence-corrected chi connectivity index (χ4v) is 4.32. The van der Waals surface area contributed by atoms with Crippen LogP contribution in [0.5, 0.6) is 0 Å². The van der Waals surface area contributed by atoms with Gasteiger partial charge in [0.15, 0.2) is 0 Å².